The molecule has 0 amide bonds. The number of nitrogens with two attached hydrogens (primary N) is 2. The number of fused-ring (bicyclic) bond motifs is 1. The summed E-state index contributed by atoms with van der Waals surface area (Å²) in [5.41, 5.74) is 8.49. The van der Waals surface area contributed by atoms with E-state index < -0.39 is 9.84 Å². The number of rotatable bonds is 6. The van der Waals surface area contributed by atoms with Crippen LogP contribution in [0.5, 0.6) is 0 Å². The lowest BCUT2D eigenvalue weighted by Gasteiger charge is -2.04. The number of allylic oxidation sites excluding steroid dienone is 1. The van der Waals surface area contributed by atoms with Crippen molar-refractivity contribution in [3.8, 4) is 0 Å². The van der Waals surface area contributed by atoms with Crippen molar-refractivity contribution >= 4 is 60.4 Å². The Bertz CT molecular complexity index is 1050. The van der Waals surface area contributed by atoms with Crippen molar-refractivity contribution in [2.45, 2.75) is 0 Å². The molecule has 0 aliphatic rings. The van der Waals surface area contributed by atoms with Gasteiger partial charge in [-0.15, -0.1) is 0 Å². The molecule has 2 heterocycles. The number of quaternary nitrogens is 1. The second kappa shape index (κ2) is 8.84. The molecular weight excluding hydrogens is 386 g/mol. The monoisotopic (exact) mass is 406 g/mol. The highest BCUT2D eigenvalue weighted by Gasteiger charge is 2.10. The van der Waals surface area contributed by atoms with Crippen LogP contribution in [0.1, 0.15) is 5.56 Å². The molecule has 0 aromatic carbocycles. The maximum atomic E-state index is 11.2. The number of amidine groups is 1. The third kappa shape index (κ3) is 6.24. The minimum Gasteiger partial charge on any atom is -0.378 e. The van der Waals surface area contributed by atoms with Crippen LogP contribution in [0.15, 0.2) is 35.6 Å². The first kappa shape index (κ1) is 20.7. The topological polar surface area (TPSA) is 163 Å². The summed E-state index contributed by atoms with van der Waals surface area (Å²) in [4.78, 5) is 12.9. The van der Waals surface area contributed by atoms with Gasteiger partial charge in [0.1, 0.15) is 6.20 Å². The second-order valence-electron chi connectivity index (χ2n) is 5.58. The number of sulfone groups is 1. The molecule has 0 fully saturated rings. The maximum Gasteiger partial charge on any atom is 0.166 e. The van der Waals surface area contributed by atoms with E-state index in [1.165, 1.54) is 6.21 Å². The van der Waals surface area contributed by atoms with Crippen molar-refractivity contribution in [2.24, 2.45) is 10.7 Å². The predicted molar refractivity (Wildman–Crippen MR) is 110 cm³/mol. The van der Waals surface area contributed by atoms with Crippen molar-refractivity contribution in [2.75, 3.05) is 19.1 Å². The molecule has 27 heavy (non-hydrogen) atoms. The average molecular weight is 407 g/mol. The molecule has 2 aromatic rings. The molecule has 0 saturated carbocycles. The largest absolute Gasteiger partial charge is 0.378 e. The number of aliphatic imine (C=N–C) groups is 1. The van der Waals surface area contributed by atoms with Gasteiger partial charge in [-0.1, -0.05) is 0 Å². The smallest absolute Gasteiger partial charge is 0.166 e. The van der Waals surface area contributed by atoms with Gasteiger partial charge in [-0.25, -0.2) is 18.4 Å². The van der Waals surface area contributed by atoms with Gasteiger partial charge in [0.15, 0.2) is 20.8 Å². The quantitative estimate of drug-likeness (QED) is 0.403. The molecule has 0 aliphatic heterocycles. The molecule has 2 aromatic heterocycles. The van der Waals surface area contributed by atoms with Crippen LogP contribution in [0.3, 0.4) is 0 Å². The van der Waals surface area contributed by atoms with E-state index in [9.17, 15) is 8.42 Å². The fourth-order valence-corrected chi connectivity index (χ4v) is 3.90. The van der Waals surface area contributed by atoms with Gasteiger partial charge in [0.05, 0.1) is 34.5 Å². The van der Waals surface area contributed by atoms with E-state index in [2.05, 4.69) is 15.0 Å². The van der Waals surface area contributed by atoms with Crippen molar-refractivity contribution in [3.63, 3.8) is 0 Å². The molecule has 0 aliphatic carbocycles. The van der Waals surface area contributed by atoms with Crippen LogP contribution in [0.25, 0.3) is 16.6 Å². The van der Waals surface area contributed by atoms with Crippen LogP contribution >= 0.6 is 11.8 Å². The highest BCUT2D eigenvalue weighted by atomic mass is 32.2. The van der Waals surface area contributed by atoms with E-state index in [1.807, 2.05) is 12.4 Å². The Morgan fingerprint density at radius 1 is 1.41 bits per heavy atom. The van der Waals surface area contributed by atoms with Crippen molar-refractivity contribution in [1.29, 1.82) is 10.8 Å². The molecular formula is C16H20N7O2S2+. The summed E-state index contributed by atoms with van der Waals surface area (Å²) in [6, 6.07) is 5.18. The molecule has 0 spiro atoms. The zero-order valence-electron chi connectivity index (χ0n) is 14.8. The number of thioether (sulfide) groups is 1. The molecule has 9 nitrogen and oxygen atoms in total. The summed E-state index contributed by atoms with van der Waals surface area (Å²) in [5.74, 6) is -0.0690. The molecule has 6 N–H and O–H groups in total. The number of nitrogens with zero attached hydrogens (tertiary/aromatic N) is 3. The molecule has 142 valence electrons. The number of nitrogens with one attached hydrogen (secondary N) is 2. The number of hydrogen-bond donors (Lipinski definition) is 4. The SMILES string of the molecule is C[NH2+]/C=C(\C=N)c1cnc2ccc(N=C(N)SC(=N)CS(C)(=O)=O)nc2c1. The van der Waals surface area contributed by atoms with Gasteiger partial charge >= 0.3 is 0 Å². The van der Waals surface area contributed by atoms with Crippen molar-refractivity contribution in [3.05, 3.63) is 36.2 Å². The van der Waals surface area contributed by atoms with Crippen molar-refractivity contribution in [1.82, 2.24) is 9.97 Å². The highest BCUT2D eigenvalue weighted by molar-refractivity contribution is 8.27. The lowest BCUT2D eigenvalue weighted by molar-refractivity contribution is -0.555. The summed E-state index contributed by atoms with van der Waals surface area (Å²) in [5, 5.41) is 16.9. The third-order valence-corrected chi connectivity index (χ3v) is 4.89. The first-order chi connectivity index (χ1) is 12.7. The van der Waals surface area contributed by atoms with Crippen molar-refractivity contribution < 1.29 is 13.7 Å². The molecule has 0 saturated heterocycles. The Morgan fingerprint density at radius 2 is 2.15 bits per heavy atom. The number of hydrogen-bond acceptors (Lipinski definition) is 8. The van der Waals surface area contributed by atoms with Gasteiger partial charge < -0.3 is 16.5 Å². The average Bonchev–Trinajstić information content (AvgIpc) is 2.57. The highest BCUT2D eigenvalue weighted by Crippen LogP contribution is 2.20. The standard InChI is InChI=1S/C16H19N7O2S2/c1-20-7-11(6-17)10-5-13-12(21-8-10)3-4-15(22-13)23-16(19)26-14(18)9-27(2,24)25/h3-8,17-18,20H,9H2,1-2H3,(H2,19,22,23)/p+1/b11-7+,17-6?,18-14?. The molecule has 0 unspecified atom stereocenters. The van der Waals surface area contributed by atoms with E-state index in [4.69, 9.17) is 16.6 Å². The van der Waals surface area contributed by atoms with Gasteiger partial charge in [0.25, 0.3) is 0 Å². The minimum atomic E-state index is -3.30. The second-order valence-corrected chi connectivity index (χ2v) is 8.83. The Kier molecular flexibility index (Phi) is 6.77. The summed E-state index contributed by atoms with van der Waals surface area (Å²) < 4.78 is 22.4. The Labute approximate surface area is 161 Å². The predicted octanol–water partition coefficient (Wildman–Crippen LogP) is 0.515. The molecule has 0 bridgehead atoms. The van der Waals surface area contributed by atoms with Gasteiger partial charge in [-0.2, -0.15) is 0 Å². The molecule has 0 radical (unpaired) electrons. The van der Waals surface area contributed by atoms with E-state index in [0.717, 1.165) is 23.6 Å². The van der Waals surface area contributed by atoms with E-state index in [-0.39, 0.29) is 16.0 Å². The van der Waals surface area contributed by atoms with E-state index in [1.54, 1.807) is 30.6 Å². The Balaban J connectivity index is 2.30. The van der Waals surface area contributed by atoms with Crippen LogP contribution < -0.4 is 11.1 Å². The lowest BCUT2D eigenvalue weighted by Crippen LogP contribution is -2.72. The van der Waals surface area contributed by atoms with Gasteiger partial charge in [0.2, 0.25) is 0 Å². The fraction of sp³-hybridized carbons (Fsp3) is 0.188. The van der Waals surface area contributed by atoms with Gasteiger partial charge in [0, 0.05) is 24.2 Å². The zero-order chi connectivity index (χ0) is 20.0. The van der Waals surface area contributed by atoms with Gasteiger partial charge in [-0.05, 0) is 30.0 Å². The maximum absolute atomic E-state index is 11.2. The minimum absolute atomic E-state index is 0.0280. The summed E-state index contributed by atoms with van der Waals surface area (Å²) in [6.07, 6.45) is 5.77. The summed E-state index contributed by atoms with van der Waals surface area (Å²) >= 11 is 0.778. The fourth-order valence-electron chi connectivity index (χ4n) is 2.15. The van der Waals surface area contributed by atoms with E-state index >= 15 is 0 Å². The molecule has 11 heteroatoms. The molecule has 0 atom stereocenters. The third-order valence-electron chi connectivity index (χ3n) is 3.20. The van der Waals surface area contributed by atoms with E-state index in [0.29, 0.717) is 22.4 Å². The zero-order valence-corrected chi connectivity index (χ0v) is 16.4. The summed E-state index contributed by atoms with van der Waals surface area (Å²) in [6.45, 7) is 0. The number of aromatic nitrogens is 2. The van der Waals surface area contributed by atoms with Crippen LogP contribution in [0, 0.1) is 10.8 Å². The van der Waals surface area contributed by atoms with Crippen LogP contribution in [-0.2, 0) is 9.84 Å². The first-order valence-corrected chi connectivity index (χ1v) is 10.6. The summed E-state index contributed by atoms with van der Waals surface area (Å²) in [7, 11) is -1.43. The Morgan fingerprint density at radius 3 is 2.78 bits per heavy atom. The van der Waals surface area contributed by atoms with Gasteiger partial charge in [-0.3, -0.25) is 10.4 Å². The first-order valence-electron chi connectivity index (χ1n) is 7.76. The van der Waals surface area contributed by atoms with Crippen LogP contribution in [-0.4, -0.2) is 53.9 Å². The lowest BCUT2D eigenvalue weighted by atomic mass is 10.1. The van der Waals surface area contributed by atoms with Crippen LogP contribution in [0.4, 0.5) is 5.82 Å². The normalized spacial score (nSPS) is 13.0. The molecule has 2 rings (SSSR count). The van der Waals surface area contributed by atoms with Crippen LogP contribution in [0.2, 0.25) is 0 Å². The Hall–Kier alpha value is -2.63. The number of pyridine rings is 2.